The Hall–Kier alpha value is -1.95. The highest BCUT2D eigenvalue weighted by molar-refractivity contribution is 5.92. The molecule has 1 aliphatic heterocycles. The second-order valence-electron chi connectivity index (χ2n) is 6.58. The number of aromatic nitrogens is 1. The molecule has 0 bridgehead atoms. The fourth-order valence-corrected chi connectivity index (χ4v) is 2.63. The van der Waals surface area contributed by atoms with Crippen LogP contribution in [0.15, 0.2) is 18.3 Å². The number of aryl methyl sites for hydroxylation is 1. The lowest BCUT2D eigenvalue weighted by Crippen LogP contribution is -2.50. The molecule has 0 aliphatic carbocycles. The molecule has 0 spiro atoms. The van der Waals surface area contributed by atoms with Crippen molar-refractivity contribution in [1.82, 2.24) is 9.88 Å². The minimum atomic E-state index is -0.461. The number of hydrogen-bond donors (Lipinski definition) is 2. The van der Waals surface area contributed by atoms with Crippen LogP contribution in [0.3, 0.4) is 0 Å². The first-order chi connectivity index (χ1) is 10.9. The Morgan fingerprint density at radius 1 is 1.30 bits per heavy atom. The molecule has 0 aromatic carbocycles. The summed E-state index contributed by atoms with van der Waals surface area (Å²) in [6.45, 7) is 7.00. The van der Waals surface area contributed by atoms with E-state index in [0.717, 1.165) is 5.56 Å². The van der Waals surface area contributed by atoms with Crippen LogP contribution in [-0.2, 0) is 9.59 Å². The minimum absolute atomic E-state index is 0.0148. The van der Waals surface area contributed by atoms with Gasteiger partial charge in [0.05, 0.1) is 6.04 Å². The molecule has 23 heavy (non-hydrogen) atoms. The van der Waals surface area contributed by atoms with Crippen LogP contribution in [0, 0.1) is 18.8 Å². The van der Waals surface area contributed by atoms with Crippen LogP contribution in [-0.4, -0.2) is 40.8 Å². The second kappa shape index (κ2) is 7.55. The molecule has 1 atom stereocenters. The molecule has 2 heterocycles. The maximum absolute atomic E-state index is 12.3. The predicted molar refractivity (Wildman–Crippen MR) is 89.7 cm³/mol. The van der Waals surface area contributed by atoms with Gasteiger partial charge in [-0.25, -0.2) is 4.98 Å². The van der Waals surface area contributed by atoms with Gasteiger partial charge in [-0.3, -0.25) is 9.59 Å². The van der Waals surface area contributed by atoms with Crippen molar-refractivity contribution in [3.05, 3.63) is 23.9 Å². The van der Waals surface area contributed by atoms with Crippen LogP contribution < -0.4 is 11.1 Å². The Bertz CT molecular complexity index is 548. The number of amides is 2. The molecular formula is C17H26N4O2. The SMILES string of the molecule is Cc1ccc(NC(=O)C2CCN(C(=O)[C@@H](N)C(C)C)CC2)nc1. The molecule has 1 aliphatic rings. The van der Waals surface area contributed by atoms with Crippen LogP contribution in [0.4, 0.5) is 5.82 Å². The van der Waals surface area contributed by atoms with Crippen molar-refractivity contribution >= 4 is 17.6 Å². The average Bonchev–Trinajstić information content (AvgIpc) is 2.55. The summed E-state index contributed by atoms with van der Waals surface area (Å²) >= 11 is 0. The van der Waals surface area contributed by atoms with Gasteiger partial charge in [0, 0.05) is 25.2 Å². The van der Waals surface area contributed by atoms with Gasteiger partial charge < -0.3 is 16.0 Å². The highest BCUT2D eigenvalue weighted by Crippen LogP contribution is 2.20. The van der Waals surface area contributed by atoms with E-state index in [1.807, 2.05) is 26.8 Å². The van der Waals surface area contributed by atoms with Crippen LogP contribution in [0.25, 0.3) is 0 Å². The molecule has 6 nitrogen and oxygen atoms in total. The number of carbonyl (C=O) groups excluding carboxylic acids is 2. The Kier molecular flexibility index (Phi) is 5.71. The number of likely N-dealkylation sites (tertiary alicyclic amines) is 1. The Balaban J connectivity index is 1.85. The first-order valence-electron chi connectivity index (χ1n) is 8.16. The number of nitrogens with two attached hydrogens (primary N) is 1. The number of hydrogen-bond acceptors (Lipinski definition) is 4. The van der Waals surface area contributed by atoms with Crippen molar-refractivity contribution < 1.29 is 9.59 Å². The first-order valence-corrected chi connectivity index (χ1v) is 8.16. The van der Waals surface area contributed by atoms with Gasteiger partial charge in [-0.1, -0.05) is 19.9 Å². The number of anilines is 1. The number of rotatable bonds is 4. The maximum atomic E-state index is 12.3. The second-order valence-corrected chi connectivity index (χ2v) is 6.58. The zero-order valence-corrected chi connectivity index (χ0v) is 14.1. The van der Waals surface area contributed by atoms with Gasteiger partial charge in [-0.05, 0) is 37.3 Å². The Labute approximate surface area is 137 Å². The van der Waals surface area contributed by atoms with E-state index in [0.29, 0.717) is 31.7 Å². The van der Waals surface area contributed by atoms with E-state index >= 15 is 0 Å². The van der Waals surface area contributed by atoms with Crippen LogP contribution in [0.1, 0.15) is 32.3 Å². The monoisotopic (exact) mass is 318 g/mol. The maximum Gasteiger partial charge on any atom is 0.239 e. The van der Waals surface area contributed by atoms with Crippen molar-refractivity contribution in [2.75, 3.05) is 18.4 Å². The van der Waals surface area contributed by atoms with E-state index < -0.39 is 6.04 Å². The molecule has 1 aromatic heterocycles. The number of pyridine rings is 1. The van der Waals surface area contributed by atoms with Crippen molar-refractivity contribution in [2.24, 2.45) is 17.6 Å². The van der Waals surface area contributed by atoms with Crippen molar-refractivity contribution in [2.45, 2.75) is 39.7 Å². The minimum Gasteiger partial charge on any atom is -0.341 e. The van der Waals surface area contributed by atoms with E-state index in [1.165, 1.54) is 0 Å². The number of nitrogens with one attached hydrogen (secondary N) is 1. The summed E-state index contributed by atoms with van der Waals surface area (Å²) < 4.78 is 0. The van der Waals surface area contributed by atoms with E-state index in [-0.39, 0.29) is 23.7 Å². The highest BCUT2D eigenvalue weighted by Gasteiger charge is 2.30. The van der Waals surface area contributed by atoms with Gasteiger partial charge in [0.15, 0.2) is 0 Å². The molecule has 2 rings (SSSR count). The first kappa shape index (κ1) is 17.4. The largest absolute Gasteiger partial charge is 0.341 e. The standard InChI is InChI=1S/C17H26N4O2/c1-11(2)15(18)17(23)21-8-6-13(7-9-21)16(22)20-14-5-4-12(3)10-19-14/h4-5,10-11,13,15H,6-9,18H2,1-3H3,(H,19,20,22)/t15-/m0/s1. The lowest BCUT2D eigenvalue weighted by Gasteiger charge is -2.33. The molecule has 1 fully saturated rings. The molecule has 3 N–H and O–H groups in total. The number of nitrogens with zero attached hydrogens (tertiary/aromatic N) is 2. The zero-order chi connectivity index (χ0) is 17.0. The van der Waals surface area contributed by atoms with Gasteiger partial charge in [0.25, 0.3) is 0 Å². The molecule has 1 saturated heterocycles. The van der Waals surface area contributed by atoms with Gasteiger partial charge in [0.1, 0.15) is 5.82 Å². The number of carbonyl (C=O) groups is 2. The molecule has 0 radical (unpaired) electrons. The highest BCUT2D eigenvalue weighted by atomic mass is 16.2. The summed E-state index contributed by atoms with van der Waals surface area (Å²) in [5.41, 5.74) is 6.97. The lowest BCUT2D eigenvalue weighted by atomic mass is 9.94. The smallest absolute Gasteiger partial charge is 0.239 e. The van der Waals surface area contributed by atoms with Crippen LogP contribution in [0.2, 0.25) is 0 Å². The topological polar surface area (TPSA) is 88.3 Å². The van der Waals surface area contributed by atoms with Crippen LogP contribution >= 0.6 is 0 Å². The van der Waals surface area contributed by atoms with Gasteiger partial charge in [-0.2, -0.15) is 0 Å². The van der Waals surface area contributed by atoms with Crippen molar-refractivity contribution in [3.8, 4) is 0 Å². The van der Waals surface area contributed by atoms with Crippen molar-refractivity contribution in [3.63, 3.8) is 0 Å². The number of piperidine rings is 1. The van der Waals surface area contributed by atoms with E-state index in [9.17, 15) is 9.59 Å². The fraction of sp³-hybridized carbons (Fsp3) is 0.588. The molecule has 0 unspecified atom stereocenters. The summed E-state index contributed by atoms with van der Waals surface area (Å²) in [6, 6.07) is 3.25. The summed E-state index contributed by atoms with van der Waals surface area (Å²) in [4.78, 5) is 30.5. The summed E-state index contributed by atoms with van der Waals surface area (Å²) in [7, 11) is 0. The average molecular weight is 318 g/mol. The normalized spacial score (nSPS) is 17.2. The van der Waals surface area contributed by atoms with E-state index in [4.69, 9.17) is 5.73 Å². The quantitative estimate of drug-likeness (QED) is 0.881. The zero-order valence-electron chi connectivity index (χ0n) is 14.1. The summed E-state index contributed by atoms with van der Waals surface area (Å²) in [6.07, 6.45) is 3.05. The predicted octanol–water partition coefficient (Wildman–Crippen LogP) is 1.55. The van der Waals surface area contributed by atoms with Gasteiger partial charge in [0.2, 0.25) is 11.8 Å². The van der Waals surface area contributed by atoms with Crippen molar-refractivity contribution in [1.29, 1.82) is 0 Å². The van der Waals surface area contributed by atoms with E-state index in [1.54, 1.807) is 17.2 Å². The lowest BCUT2D eigenvalue weighted by molar-refractivity contribution is -0.136. The Morgan fingerprint density at radius 2 is 1.96 bits per heavy atom. The van der Waals surface area contributed by atoms with Gasteiger partial charge >= 0.3 is 0 Å². The van der Waals surface area contributed by atoms with Gasteiger partial charge in [-0.15, -0.1) is 0 Å². The fourth-order valence-electron chi connectivity index (χ4n) is 2.63. The molecule has 0 saturated carbocycles. The molecule has 126 valence electrons. The molecule has 6 heteroatoms. The molecule has 1 aromatic rings. The third kappa shape index (κ3) is 4.51. The van der Waals surface area contributed by atoms with E-state index in [2.05, 4.69) is 10.3 Å². The summed E-state index contributed by atoms with van der Waals surface area (Å²) in [5.74, 6) is 0.565. The molecule has 2 amide bonds. The summed E-state index contributed by atoms with van der Waals surface area (Å²) in [5, 5.41) is 2.85. The molecular weight excluding hydrogens is 292 g/mol. The Morgan fingerprint density at radius 3 is 2.48 bits per heavy atom. The third-order valence-electron chi connectivity index (χ3n) is 4.34. The van der Waals surface area contributed by atoms with Crippen LogP contribution in [0.5, 0.6) is 0 Å². The third-order valence-corrected chi connectivity index (χ3v) is 4.34.